The highest BCUT2D eigenvalue weighted by molar-refractivity contribution is 5.87. The molecule has 0 saturated carbocycles. The maximum Gasteiger partial charge on any atom is -0.0149 e. The van der Waals surface area contributed by atoms with Crippen molar-refractivity contribution in [3.63, 3.8) is 0 Å². The third kappa shape index (κ3) is 3.87. The molecule has 0 aliphatic heterocycles. The van der Waals surface area contributed by atoms with E-state index >= 15 is 0 Å². The second-order valence-electron chi connectivity index (χ2n) is 7.19. The Balaban J connectivity index is 0.000000185. The molecule has 0 N–H and O–H groups in total. The summed E-state index contributed by atoms with van der Waals surface area (Å²) < 4.78 is 0. The molecular formula is C24H30. The van der Waals surface area contributed by atoms with Crippen molar-refractivity contribution in [2.75, 3.05) is 0 Å². The van der Waals surface area contributed by atoms with E-state index in [1.807, 2.05) is 0 Å². The molecule has 0 nitrogen and oxygen atoms in total. The normalized spacial score (nSPS) is 10.5. The van der Waals surface area contributed by atoms with E-state index in [4.69, 9.17) is 0 Å². The van der Waals surface area contributed by atoms with E-state index in [1.165, 1.54) is 55.3 Å². The van der Waals surface area contributed by atoms with Gasteiger partial charge in [-0.05, 0) is 111 Å². The topological polar surface area (TPSA) is 0 Å². The first-order chi connectivity index (χ1) is 11.2. The van der Waals surface area contributed by atoms with Gasteiger partial charge in [-0.1, -0.05) is 36.4 Å². The van der Waals surface area contributed by atoms with Crippen LogP contribution in [0.15, 0.2) is 36.4 Å². The Hall–Kier alpha value is -2.08. The fourth-order valence-corrected chi connectivity index (χ4v) is 2.96. The summed E-state index contributed by atoms with van der Waals surface area (Å²) in [5.41, 5.74) is 11.1. The third-order valence-electron chi connectivity index (χ3n) is 5.28. The molecule has 0 saturated heterocycles. The maximum absolute atomic E-state index is 2.30. The predicted molar refractivity (Wildman–Crippen MR) is 108 cm³/mol. The van der Waals surface area contributed by atoms with E-state index in [0.717, 1.165) is 0 Å². The van der Waals surface area contributed by atoms with Gasteiger partial charge in [-0.25, -0.2) is 0 Å². The average molecular weight is 319 g/mol. The zero-order valence-electron chi connectivity index (χ0n) is 16.5. The molecule has 0 unspecified atom stereocenters. The first kappa shape index (κ1) is 18.3. The Morgan fingerprint density at radius 3 is 1.33 bits per heavy atom. The summed E-state index contributed by atoms with van der Waals surface area (Å²) in [6.07, 6.45) is 0. The first-order valence-corrected chi connectivity index (χ1v) is 8.72. The standard InChI is InChI=1S/C14H16.C10H14/c1-9-5-6-13-7-10(2)11(3)8-14(13)12(9)4;1-7-5-9(3)10(4)6-8(7)2/h5-8H,1-4H3;5-6H,1-4H3. The van der Waals surface area contributed by atoms with Crippen LogP contribution in [0.4, 0.5) is 0 Å². The molecule has 0 radical (unpaired) electrons. The molecular weight excluding hydrogens is 288 g/mol. The van der Waals surface area contributed by atoms with Crippen molar-refractivity contribution in [1.29, 1.82) is 0 Å². The molecule has 0 heteroatoms. The lowest BCUT2D eigenvalue weighted by Crippen LogP contribution is -1.87. The summed E-state index contributed by atoms with van der Waals surface area (Å²) >= 11 is 0. The Kier molecular flexibility index (Phi) is 5.49. The average Bonchev–Trinajstić information content (AvgIpc) is 2.52. The molecule has 126 valence electrons. The molecule has 0 aliphatic rings. The maximum atomic E-state index is 2.30. The summed E-state index contributed by atoms with van der Waals surface area (Å²) in [6.45, 7) is 17.3. The van der Waals surface area contributed by atoms with Gasteiger partial charge in [-0.2, -0.15) is 0 Å². The van der Waals surface area contributed by atoms with Gasteiger partial charge in [0.1, 0.15) is 0 Å². The van der Waals surface area contributed by atoms with E-state index in [9.17, 15) is 0 Å². The van der Waals surface area contributed by atoms with Crippen molar-refractivity contribution < 1.29 is 0 Å². The smallest absolute Gasteiger partial charge is 0.0149 e. The Bertz CT molecular complexity index is 832. The molecule has 24 heavy (non-hydrogen) atoms. The lowest BCUT2D eigenvalue weighted by atomic mass is 9.97. The van der Waals surface area contributed by atoms with Crippen molar-refractivity contribution in [3.8, 4) is 0 Å². The van der Waals surface area contributed by atoms with Crippen molar-refractivity contribution in [2.45, 2.75) is 55.4 Å². The Morgan fingerprint density at radius 1 is 0.417 bits per heavy atom. The van der Waals surface area contributed by atoms with E-state index in [0.29, 0.717) is 0 Å². The minimum absolute atomic E-state index is 1.36. The summed E-state index contributed by atoms with van der Waals surface area (Å²) in [6, 6.07) is 13.5. The Morgan fingerprint density at radius 2 is 0.833 bits per heavy atom. The van der Waals surface area contributed by atoms with Gasteiger partial charge >= 0.3 is 0 Å². The second kappa shape index (κ2) is 7.21. The number of rotatable bonds is 0. The van der Waals surface area contributed by atoms with Crippen LogP contribution in [0.3, 0.4) is 0 Å². The van der Waals surface area contributed by atoms with Crippen molar-refractivity contribution >= 4 is 10.8 Å². The van der Waals surface area contributed by atoms with Gasteiger partial charge in [0.25, 0.3) is 0 Å². The highest BCUT2D eigenvalue weighted by Gasteiger charge is 2.02. The van der Waals surface area contributed by atoms with Crippen LogP contribution in [0.25, 0.3) is 10.8 Å². The fraction of sp³-hybridized carbons (Fsp3) is 0.333. The van der Waals surface area contributed by atoms with Crippen LogP contribution in [0.5, 0.6) is 0 Å². The Labute approximate surface area is 147 Å². The minimum Gasteiger partial charge on any atom is -0.0584 e. The van der Waals surface area contributed by atoms with Crippen molar-refractivity contribution in [1.82, 2.24) is 0 Å². The van der Waals surface area contributed by atoms with Gasteiger partial charge in [-0.3, -0.25) is 0 Å². The lowest BCUT2D eigenvalue weighted by molar-refractivity contribution is 1.24. The predicted octanol–water partition coefficient (Wildman–Crippen LogP) is 6.99. The monoisotopic (exact) mass is 318 g/mol. The van der Waals surface area contributed by atoms with E-state index in [2.05, 4.69) is 91.8 Å². The van der Waals surface area contributed by atoms with Crippen LogP contribution >= 0.6 is 0 Å². The van der Waals surface area contributed by atoms with E-state index in [-0.39, 0.29) is 0 Å². The molecule has 0 atom stereocenters. The number of fused-ring (bicyclic) bond motifs is 1. The molecule has 0 amide bonds. The van der Waals surface area contributed by atoms with Crippen molar-refractivity contribution in [3.05, 3.63) is 80.9 Å². The largest absolute Gasteiger partial charge is 0.0584 e. The first-order valence-electron chi connectivity index (χ1n) is 8.72. The number of benzene rings is 3. The van der Waals surface area contributed by atoms with Gasteiger partial charge in [0.05, 0.1) is 0 Å². The number of hydrogen-bond donors (Lipinski definition) is 0. The summed E-state index contributed by atoms with van der Waals surface area (Å²) in [5.74, 6) is 0. The molecule has 0 aromatic heterocycles. The van der Waals surface area contributed by atoms with Crippen LogP contribution < -0.4 is 0 Å². The van der Waals surface area contributed by atoms with Gasteiger partial charge in [0, 0.05) is 0 Å². The molecule has 3 aromatic carbocycles. The van der Waals surface area contributed by atoms with Crippen LogP contribution in [0, 0.1) is 55.4 Å². The zero-order valence-corrected chi connectivity index (χ0v) is 16.5. The zero-order chi connectivity index (χ0) is 18.0. The van der Waals surface area contributed by atoms with Gasteiger partial charge in [0.15, 0.2) is 0 Å². The molecule has 0 bridgehead atoms. The molecule has 0 heterocycles. The van der Waals surface area contributed by atoms with E-state index in [1.54, 1.807) is 0 Å². The van der Waals surface area contributed by atoms with Crippen LogP contribution in [0.1, 0.15) is 44.5 Å². The lowest BCUT2D eigenvalue weighted by Gasteiger charge is -2.08. The molecule has 3 aromatic rings. The third-order valence-corrected chi connectivity index (χ3v) is 5.28. The quantitative estimate of drug-likeness (QED) is 0.419. The van der Waals surface area contributed by atoms with Crippen molar-refractivity contribution in [2.24, 2.45) is 0 Å². The summed E-state index contributed by atoms with van der Waals surface area (Å²) in [7, 11) is 0. The van der Waals surface area contributed by atoms with Crippen LogP contribution in [-0.4, -0.2) is 0 Å². The fourth-order valence-electron chi connectivity index (χ4n) is 2.96. The molecule has 3 rings (SSSR count). The summed E-state index contributed by atoms with van der Waals surface area (Å²) in [5, 5.41) is 2.75. The van der Waals surface area contributed by atoms with Gasteiger partial charge in [0.2, 0.25) is 0 Å². The highest BCUT2D eigenvalue weighted by Crippen LogP contribution is 2.24. The molecule has 0 aliphatic carbocycles. The SMILES string of the molecule is Cc1cc(C)c(C)cc1C.Cc1cc2ccc(C)c(C)c2cc1C. The molecule has 0 spiro atoms. The number of hydrogen-bond acceptors (Lipinski definition) is 0. The minimum atomic E-state index is 1.36. The molecule has 0 fully saturated rings. The second-order valence-corrected chi connectivity index (χ2v) is 7.19. The van der Waals surface area contributed by atoms with Crippen LogP contribution in [0.2, 0.25) is 0 Å². The van der Waals surface area contributed by atoms with Crippen LogP contribution in [-0.2, 0) is 0 Å². The number of aryl methyl sites for hydroxylation is 8. The van der Waals surface area contributed by atoms with Gasteiger partial charge in [-0.15, -0.1) is 0 Å². The highest BCUT2D eigenvalue weighted by atomic mass is 14.1. The van der Waals surface area contributed by atoms with Gasteiger partial charge < -0.3 is 0 Å². The summed E-state index contributed by atoms with van der Waals surface area (Å²) in [4.78, 5) is 0. The van der Waals surface area contributed by atoms with E-state index < -0.39 is 0 Å².